The van der Waals surface area contributed by atoms with Crippen molar-refractivity contribution in [3.05, 3.63) is 23.8 Å². The average molecular weight is 458 g/mol. The number of rotatable bonds is 6. The van der Waals surface area contributed by atoms with E-state index in [0.717, 1.165) is 17.0 Å². The Bertz CT molecular complexity index is 890. The average Bonchev–Trinajstić information content (AvgIpc) is 3.22. The zero-order valence-electron chi connectivity index (χ0n) is 17.1. The lowest BCUT2D eigenvalue weighted by molar-refractivity contribution is -0.130. The van der Waals surface area contributed by atoms with Gasteiger partial charge in [-0.3, -0.25) is 14.5 Å². The second-order valence-corrected chi connectivity index (χ2v) is 7.98. The lowest BCUT2D eigenvalue weighted by atomic mass is 10.1. The molecule has 0 spiro atoms. The number of hydrazine groups is 1. The summed E-state index contributed by atoms with van der Waals surface area (Å²) in [5.74, 6) is -2.84. The Morgan fingerprint density at radius 2 is 1.62 bits per heavy atom. The van der Waals surface area contributed by atoms with Crippen LogP contribution in [0.25, 0.3) is 0 Å². The largest absolute Gasteiger partial charge is 0.444 e. The van der Waals surface area contributed by atoms with Gasteiger partial charge in [-0.1, -0.05) is 0 Å². The van der Waals surface area contributed by atoms with Crippen LogP contribution in [0.4, 0.5) is 33.7 Å². The minimum absolute atomic E-state index is 0.0544. The zero-order chi connectivity index (χ0) is 23.0. The number of carbonyl (C=O) groups excluding carboxylic acids is 3. The molecule has 0 radical (unpaired) electrons. The molecule has 1 atom stereocenters. The molecule has 0 N–H and O–H groups in total. The molecular weight excluding hydrogens is 436 g/mol. The van der Waals surface area contributed by atoms with E-state index in [0.29, 0.717) is 39.3 Å². The van der Waals surface area contributed by atoms with E-state index in [-0.39, 0.29) is 30.1 Å². The predicted molar refractivity (Wildman–Crippen MR) is 105 cm³/mol. The van der Waals surface area contributed by atoms with Gasteiger partial charge in [0.15, 0.2) is 23.2 Å². The first-order valence-corrected chi connectivity index (χ1v) is 10.3. The van der Waals surface area contributed by atoms with Crippen molar-refractivity contribution >= 4 is 29.0 Å². The summed E-state index contributed by atoms with van der Waals surface area (Å²) in [4.78, 5) is 37.4. The summed E-state index contributed by atoms with van der Waals surface area (Å²) in [5, 5.41) is 3.73. The number of ether oxygens (including phenoxy) is 1. The van der Waals surface area contributed by atoms with E-state index in [9.17, 15) is 31.9 Å². The van der Waals surface area contributed by atoms with Crippen molar-refractivity contribution in [3.8, 4) is 0 Å². The van der Waals surface area contributed by atoms with Gasteiger partial charge in [0.1, 0.15) is 11.8 Å². The van der Waals surface area contributed by atoms with E-state index in [4.69, 9.17) is 4.74 Å². The summed E-state index contributed by atoms with van der Waals surface area (Å²) in [7, 11) is 0. The Morgan fingerprint density at radius 1 is 1.03 bits per heavy atom. The number of hydrogen-bond acceptors (Lipinski definition) is 7. The van der Waals surface area contributed by atoms with Crippen LogP contribution < -0.4 is 9.80 Å². The first kappa shape index (κ1) is 22.5. The van der Waals surface area contributed by atoms with Crippen LogP contribution in [0.15, 0.2) is 12.1 Å². The van der Waals surface area contributed by atoms with Crippen molar-refractivity contribution in [2.45, 2.75) is 25.4 Å². The molecule has 1 amide bonds. The number of Topliss-reactive ketones (excluding diaryl/α,β-unsaturated/α-hetero) is 2. The number of carbonyl (C=O) groups is 3. The molecule has 4 rings (SSSR count). The van der Waals surface area contributed by atoms with Gasteiger partial charge in [0.25, 0.3) is 6.43 Å². The number of alkyl halides is 2. The first-order valence-electron chi connectivity index (χ1n) is 10.3. The van der Waals surface area contributed by atoms with Gasteiger partial charge in [-0.2, -0.15) is 0 Å². The van der Waals surface area contributed by atoms with Crippen molar-refractivity contribution in [3.63, 3.8) is 0 Å². The number of fused-ring (bicyclic) bond motifs is 1. The van der Waals surface area contributed by atoms with Crippen molar-refractivity contribution < 1.29 is 36.7 Å². The summed E-state index contributed by atoms with van der Waals surface area (Å²) in [6, 6.07) is 2.06. The number of nitrogens with zero attached hydrogens (tertiary/aromatic N) is 4. The standard InChI is InChI=1S/C20H22F4N4O4/c21-15-7-12(28-11-14(32-20(28)31)1-2-17(30)19(23)24)8-16(22)18(15)25-3-5-26-9-13(29)10-27(26)6-4-25/h7-8,14,19H,1-6,9-11H2/t14-/m0/s1. The number of amides is 1. The van der Waals surface area contributed by atoms with Crippen molar-refractivity contribution in [2.75, 3.05) is 55.6 Å². The van der Waals surface area contributed by atoms with Crippen LogP contribution in [0.3, 0.4) is 0 Å². The Morgan fingerprint density at radius 3 is 2.19 bits per heavy atom. The molecule has 0 aromatic heterocycles. The molecular formula is C20H22F4N4O4. The van der Waals surface area contributed by atoms with Crippen LogP contribution in [0.1, 0.15) is 12.8 Å². The third kappa shape index (κ3) is 4.56. The van der Waals surface area contributed by atoms with Crippen molar-refractivity contribution in [2.24, 2.45) is 0 Å². The third-order valence-electron chi connectivity index (χ3n) is 5.83. The minimum atomic E-state index is -3.09. The molecule has 3 aliphatic rings. The van der Waals surface area contributed by atoms with Crippen molar-refractivity contribution in [1.29, 1.82) is 0 Å². The van der Waals surface area contributed by atoms with Gasteiger partial charge in [-0.15, -0.1) is 0 Å². The quantitative estimate of drug-likeness (QED) is 0.603. The fourth-order valence-corrected chi connectivity index (χ4v) is 4.21. The van der Waals surface area contributed by atoms with Crippen molar-refractivity contribution in [1.82, 2.24) is 10.0 Å². The van der Waals surface area contributed by atoms with Crippen LogP contribution in [0.2, 0.25) is 0 Å². The summed E-state index contributed by atoms with van der Waals surface area (Å²) >= 11 is 0. The number of halogens is 4. The van der Waals surface area contributed by atoms with Crippen LogP contribution in [0.5, 0.6) is 0 Å². The van der Waals surface area contributed by atoms with E-state index in [1.54, 1.807) is 4.90 Å². The summed E-state index contributed by atoms with van der Waals surface area (Å²) in [6.45, 7) is 2.02. The van der Waals surface area contributed by atoms with Gasteiger partial charge in [0, 0.05) is 44.7 Å². The van der Waals surface area contributed by atoms with Crippen LogP contribution in [-0.2, 0) is 14.3 Å². The second kappa shape index (κ2) is 9.02. The molecule has 32 heavy (non-hydrogen) atoms. The summed E-state index contributed by atoms with van der Waals surface area (Å²) in [6.07, 6.45) is -5.34. The zero-order valence-corrected chi connectivity index (χ0v) is 17.1. The summed E-state index contributed by atoms with van der Waals surface area (Å²) in [5.41, 5.74) is -0.268. The maximum Gasteiger partial charge on any atom is 0.414 e. The normalized spacial score (nSPS) is 22.5. The van der Waals surface area contributed by atoms with Gasteiger partial charge in [-0.05, 0) is 6.42 Å². The van der Waals surface area contributed by atoms with Gasteiger partial charge in [0.2, 0.25) is 0 Å². The molecule has 174 valence electrons. The Labute approximate surface area is 181 Å². The molecule has 1 aromatic carbocycles. The molecule has 8 nitrogen and oxygen atoms in total. The Balaban J connectivity index is 1.44. The van der Waals surface area contributed by atoms with E-state index in [1.807, 2.05) is 10.0 Å². The minimum Gasteiger partial charge on any atom is -0.444 e. The fraction of sp³-hybridized carbons (Fsp3) is 0.550. The lowest BCUT2D eigenvalue weighted by Gasteiger charge is -2.25. The number of hydrogen-bond donors (Lipinski definition) is 0. The molecule has 0 bridgehead atoms. The number of ketones is 2. The molecule has 3 aliphatic heterocycles. The van der Waals surface area contributed by atoms with Crippen LogP contribution in [-0.4, -0.2) is 86.0 Å². The van der Waals surface area contributed by atoms with Gasteiger partial charge >= 0.3 is 6.09 Å². The number of anilines is 2. The smallest absolute Gasteiger partial charge is 0.414 e. The van der Waals surface area contributed by atoms with Gasteiger partial charge in [0.05, 0.1) is 25.3 Å². The topological polar surface area (TPSA) is 73.4 Å². The van der Waals surface area contributed by atoms with Gasteiger partial charge in [-0.25, -0.2) is 32.4 Å². The first-order chi connectivity index (χ1) is 15.2. The maximum atomic E-state index is 14.9. The second-order valence-electron chi connectivity index (χ2n) is 7.98. The lowest BCUT2D eigenvalue weighted by Crippen LogP contribution is -2.37. The highest BCUT2D eigenvalue weighted by Crippen LogP contribution is 2.32. The highest BCUT2D eigenvalue weighted by Gasteiger charge is 2.35. The summed E-state index contributed by atoms with van der Waals surface area (Å²) < 4.78 is 59.6. The highest BCUT2D eigenvalue weighted by atomic mass is 19.3. The number of benzene rings is 1. The molecule has 0 unspecified atom stereocenters. The Hall–Kier alpha value is -2.73. The monoisotopic (exact) mass is 458 g/mol. The number of cyclic esters (lactones) is 1. The molecule has 3 saturated heterocycles. The molecule has 3 heterocycles. The molecule has 0 saturated carbocycles. The van der Waals surface area contributed by atoms with Crippen LogP contribution in [0, 0.1) is 11.6 Å². The van der Waals surface area contributed by atoms with Crippen LogP contribution >= 0.6 is 0 Å². The fourth-order valence-electron chi connectivity index (χ4n) is 4.21. The van der Waals surface area contributed by atoms with Gasteiger partial charge < -0.3 is 9.64 Å². The third-order valence-corrected chi connectivity index (χ3v) is 5.83. The van der Waals surface area contributed by atoms with E-state index < -0.39 is 42.5 Å². The maximum absolute atomic E-state index is 14.9. The van der Waals surface area contributed by atoms with E-state index in [2.05, 4.69) is 0 Å². The molecule has 3 fully saturated rings. The molecule has 0 aliphatic carbocycles. The predicted octanol–water partition coefficient (Wildman–Crippen LogP) is 1.83. The van der Waals surface area contributed by atoms with E-state index >= 15 is 0 Å². The van der Waals surface area contributed by atoms with E-state index in [1.165, 1.54) is 0 Å². The highest BCUT2D eigenvalue weighted by molar-refractivity contribution is 5.90. The SMILES string of the molecule is O=C1CN2CCN(c3c(F)cc(N4C[C@H](CCC(=O)C(F)F)OC4=O)cc3F)CCN2C1. The molecule has 12 heteroatoms. The molecule has 1 aromatic rings. The Kier molecular flexibility index (Phi) is 6.33.